The van der Waals surface area contributed by atoms with Gasteiger partial charge in [0.25, 0.3) is 0 Å². The summed E-state index contributed by atoms with van der Waals surface area (Å²) < 4.78 is 14.4. The molecule has 0 aromatic carbocycles. The number of hydrogen-bond donors (Lipinski definition) is 0. The van der Waals surface area contributed by atoms with Gasteiger partial charge >= 0.3 is 8.03 Å². The van der Waals surface area contributed by atoms with Gasteiger partial charge in [-0.1, -0.05) is 0 Å². The molecule has 3 nitrogen and oxygen atoms in total. The molecule has 0 saturated heterocycles. The van der Waals surface area contributed by atoms with E-state index in [2.05, 4.69) is 9.56 Å². The molecule has 0 saturated carbocycles. The molecule has 0 amide bonds. The maximum absolute atomic E-state index is 10.2. The first-order chi connectivity index (χ1) is 3.39. The van der Waals surface area contributed by atoms with Crippen LogP contribution in [0.25, 0.3) is 0 Å². The summed E-state index contributed by atoms with van der Waals surface area (Å²) in [5.41, 5.74) is 0. The fourth-order valence-electron chi connectivity index (χ4n) is 0.272. The van der Waals surface area contributed by atoms with Gasteiger partial charge in [0, 0.05) is 6.08 Å². The first kappa shape index (κ1) is 7.89. The Morgan fingerprint density at radius 2 is 2.38 bits per heavy atom. The minimum atomic E-state index is -1.55. The predicted molar refractivity (Wildman–Crippen MR) is 31.0 cm³/mol. The van der Waals surface area contributed by atoms with E-state index in [-0.39, 0.29) is 12.4 Å². The maximum atomic E-state index is 10.2. The lowest BCUT2D eigenvalue weighted by Gasteiger charge is -1.87. The third-order valence-electron chi connectivity index (χ3n) is 0.532. The molecule has 0 aromatic rings. The third kappa shape index (κ3) is 2.26. The number of allylic oxidation sites excluding steroid dienone is 1. The van der Waals surface area contributed by atoms with Crippen molar-refractivity contribution >= 4 is 20.4 Å². The van der Waals surface area contributed by atoms with Crippen molar-refractivity contribution in [3.8, 4) is 0 Å². The van der Waals surface area contributed by atoms with E-state index in [4.69, 9.17) is 0 Å². The molecule has 1 rings (SSSR count). The molecule has 5 heteroatoms. The third-order valence-corrected chi connectivity index (χ3v) is 1.29. The summed E-state index contributed by atoms with van der Waals surface area (Å²) in [5, 5.41) is 0. The highest BCUT2D eigenvalue weighted by molar-refractivity contribution is 7.39. The molecule has 1 unspecified atom stereocenters. The van der Waals surface area contributed by atoms with Crippen molar-refractivity contribution in [1.29, 1.82) is 0 Å². The van der Waals surface area contributed by atoms with Crippen LogP contribution in [-0.4, -0.2) is 6.16 Å². The molecule has 8 heavy (non-hydrogen) atoms. The van der Waals surface area contributed by atoms with Gasteiger partial charge in [-0.2, -0.15) is 0 Å². The zero-order chi connectivity index (χ0) is 5.11. The fraction of sp³-hybridized carbons (Fsp3) is 0.333. The quantitative estimate of drug-likeness (QED) is 0.394. The van der Waals surface area contributed by atoms with E-state index in [0.29, 0.717) is 6.16 Å². The molecule has 0 radical (unpaired) electrons. The van der Waals surface area contributed by atoms with Crippen LogP contribution in [0.2, 0.25) is 0 Å². The summed E-state index contributed by atoms with van der Waals surface area (Å²) in [6.45, 7) is 0. The van der Waals surface area contributed by atoms with Crippen LogP contribution in [-0.2, 0) is 14.1 Å². The van der Waals surface area contributed by atoms with Crippen molar-refractivity contribution in [2.24, 2.45) is 0 Å². The van der Waals surface area contributed by atoms with Gasteiger partial charge in [0.2, 0.25) is 6.16 Å². The lowest BCUT2D eigenvalue weighted by molar-refractivity contribution is -0.145. The van der Waals surface area contributed by atoms with E-state index in [1.54, 1.807) is 6.08 Å². The van der Waals surface area contributed by atoms with E-state index >= 15 is 0 Å². The normalized spacial score (nSPS) is 21.2. The number of rotatable bonds is 0. The highest BCUT2D eigenvalue weighted by Gasteiger charge is 2.19. The smallest absolute Gasteiger partial charge is 0.301 e. The molecule has 1 heterocycles. The molecule has 0 fully saturated rings. The zero-order valence-corrected chi connectivity index (χ0v) is 5.65. The molecule has 0 aliphatic carbocycles. The Kier molecular flexibility index (Phi) is 3.79. The molecule has 1 aliphatic heterocycles. The van der Waals surface area contributed by atoms with Crippen LogP contribution in [0.5, 0.6) is 0 Å². The van der Waals surface area contributed by atoms with Crippen LogP contribution in [0, 0.1) is 0 Å². The summed E-state index contributed by atoms with van der Waals surface area (Å²) in [6, 6.07) is 0. The Bertz CT molecular complexity index is 113. The first-order valence-corrected chi connectivity index (χ1v) is 3.19. The summed E-state index contributed by atoms with van der Waals surface area (Å²) in [5.74, 6) is 0. The molecule has 0 aromatic heterocycles. The molecular formula is C3H5ClO3P+. The summed E-state index contributed by atoms with van der Waals surface area (Å²) in [7, 11) is -1.55. The Hall–Kier alpha value is -0.110. The average molecular weight is 155 g/mol. The zero-order valence-electron chi connectivity index (χ0n) is 3.94. The molecule has 1 atom stereocenters. The Balaban J connectivity index is 0.000000490. The standard InChI is InChI=1S/C3H4O3P.ClH/c4-7-3-1-2-5-6-7;/h1-2H,3H2;1H/q+1;. The predicted octanol–water partition coefficient (Wildman–Crippen LogP) is 1.63. The first-order valence-electron chi connectivity index (χ1n) is 1.83. The van der Waals surface area contributed by atoms with Crippen molar-refractivity contribution in [3.05, 3.63) is 12.3 Å². The lowest BCUT2D eigenvalue weighted by atomic mass is 10.7. The summed E-state index contributed by atoms with van der Waals surface area (Å²) in [6.07, 6.45) is 3.49. The maximum Gasteiger partial charge on any atom is 0.557 e. The lowest BCUT2D eigenvalue weighted by Crippen LogP contribution is -1.85. The monoisotopic (exact) mass is 155 g/mol. The van der Waals surface area contributed by atoms with Gasteiger partial charge in [-0.3, -0.25) is 0 Å². The fourth-order valence-corrected chi connectivity index (χ4v) is 0.736. The van der Waals surface area contributed by atoms with Crippen molar-refractivity contribution in [2.45, 2.75) is 0 Å². The second-order valence-electron chi connectivity index (χ2n) is 1.06. The van der Waals surface area contributed by atoms with Crippen LogP contribution >= 0.6 is 20.4 Å². The summed E-state index contributed by atoms with van der Waals surface area (Å²) in [4.78, 5) is 4.22. The van der Waals surface area contributed by atoms with Crippen molar-refractivity contribution in [2.75, 3.05) is 6.16 Å². The van der Waals surface area contributed by atoms with E-state index in [1.165, 1.54) is 6.26 Å². The van der Waals surface area contributed by atoms with Crippen molar-refractivity contribution in [3.63, 3.8) is 0 Å². The van der Waals surface area contributed by atoms with Crippen LogP contribution in [0.15, 0.2) is 12.3 Å². The van der Waals surface area contributed by atoms with Gasteiger partial charge in [0.15, 0.2) is 0 Å². The average Bonchev–Trinajstić information content (AvgIpc) is 1.69. The minimum Gasteiger partial charge on any atom is -0.301 e. The van der Waals surface area contributed by atoms with Gasteiger partial charge in [-0.05, 0) is 4.57 Å². The Morgan fingerprint density at radius 1 is 1.62 bits per heavy atom. The van der Waals surface area contributed by atoms with Crippen LogP contribution in [0.4, 0.5) is 0 Å². The second-order valence-corrected chi connectivity index (χ2v) is 2.24. The number of hydrogen-bond acceptors (Lipinski definition) is 3. The highest BCUT2D eigenvalue weighted by Crippen LogP contribution is 2.25. The summed E-state index contributed by atoms with van der Waals surface area (Å²) >= 11 is 0. The van der Waals surface area contributed by atoms with E-state index in [0.717, 1.165) is 0 Å². The van der Waals surface area contributed by atoms with Crippen molar-refractivity contribution in [1.82, 2.24) is 0 Å². The molecule has 46 valence electrons. The minimum absolute atomic E-state index is 0. The Labute approximate surface area is 53.9 Å². The molecular weight excluding hydrogens is 150 g/mol. The Morgan fingerprint density at radius 3 is 2.62 bits per heavy atom. The van der Waals surface area contributed by atoms with Crippen LogP contribution in [0.3, 0.4) is 0 Å². The van der Waals surface area contributed by atoms with Crippen LogP contribution < -0.4 is 0 Å². The SMILES string of the molecule is Cl.O=[P+]1CC=COO1. The van der Waals surface area contributed by atoms with Gasteiger partial charge in [0.1, 0.15) is 6.26 Å². The van der Waals surface area contributed by atoms with Gasteiger partial charge in [-0.25, -0.2) is 0 Å². The second kappa shape index (κ2) is 3.84. The van der Waals surface area contributed by atoms with Gasteiger partial charge < -0.3 is 4.89 Å². The highest BCUT2D eigenvalue weighted by atomic mass is 35.5. The van der Waals surface area contributed by atoms with Crippen molar-refractivity contribution < 1.29 is 14.1 Å². The topological polar surface area (TPSA) is 35.5 Å². The number of halogens is 1. The molecule has 0 bridgehead atoms. The molecule has 0 N–H and O–H groups in total. The van der Waals surface area contributed by atoms with Gasteiger partial charge in [-0.15, -0.1) is 12.4 Å². The molecule has 1 aliphatic rings. The van der Waals surface area contributed by atoms with E-state index < -0.39 is 8.03 Å². The largest absolute Gasteiger partial charge is 0.557 e. The molecule has 0 spiro atoms. The van der Waals surface area contributed by atoms with E-state index in [9.17, 15) is 4.57 Å². The van der Waals surface area contributed by atoms with Crippen LogP contribution in [0.1, 0.15) is 0 Å². The van der Waals surface area contributed by atoms with E-state index in [1.807, 2.05) is 0 Å². The van der Waals surface area contributed by atoms with Gasteiger partial charge in [0.05, 0.1) is 4.67 Å².